The molecule has 2 aromatic rings. The van der Waals surface area contributed by atoms with Gasteiger partial charge in [0.1, 0.15) is 11.3 Å². The quantitative estimate of drug-likeness (QED) is 0.871. The highest BCUT2D eigenvalue weighted by atomic mass is 16.5. The van der Waals surface area contributed by atoms with Crippen molar-refractivity contribution in [1.29, 1.82) is 0 Å². The number of nitrogens with zero attached hydrogens (tertiary/aromatic N) is 3. The maximum absolute atomic E-state index is 6.01. The van der Waals surface area contributed by atoms with Gasteiger partial charge in [0, 0.05) is 24.9 Å². The highest BCUT2D eigenvalue weighted by molar-refractivity contribution is 5.88. The molecule has 1 aliphatic rings. The van der Waals surface area contributed by atoms with Gasteiger partial charge in [-0.3, -0.25) is 0 Å². The Labute approximate surface area is 118 Å². The van der Waals surface area contributed by atoms with Crippen molar-refractivity contribution in [1.82, 2.24) is 14.6 Å². The van der Waals surface area contributed by atoms with Gasteiger partial charge in [-0.05, 0) is 39.2 Å². The molecule has 3 N–H and O–H groups in total. The second kappa shape index (κ2) is 4.94. The first-order valence-corrected chi connectivity index (χ1v) is 7.04. The molecular formula is C14H21N5O. The summed E-state index contributed by atoms with van der Waals surface area (Å²) in [6, 6.07) is 0.411. The zero-order valence-electron chi connectivity index (χ0n) is 12.2. The fraction of sp³-hybridized carbons (Fsp3) is 0.571. The van der Waals surface area contributed by atoms with Crippen molar-refractivity contribution in [3.8, 4) is 0 Å². The lowest BCUT2D eigenvalue weighted by Gasteiger charge is -2.25. The van der Waals surface area contributed by atoms with Crippen LogP contribution >= 0.6 is 0 Å². The van der Waals surface area contributed by atoms with E-state index in [1.165, 1.54) is 0 Å². The molecule has 3 rings (SSSR count). The van der Waals surface area contributed by atoms with Crippen LogP contribution in [0.4, 0.5) is 5.82 Å². The highest BCUT2D eigenvalue weighted by Crippen LogP contribution is 2.25. The second-order valence-corrected chi connectivity index (χ2v) is 5.41. The molecule has 0 aliphatic carbocycles. The lowest BCUT2D eigenvalue weighted by Crippen LogP contribution is -2.34. The SMILES string of the molecule is Cc1nc(N)c2nc(C)n(NC3CCOCC3)c2c1C. The van der Waals surface area contributed by atoms with E-state index in [0.29, 0.717) is 11.9 Å². The fourth-order valence-electron chi connectivity index (χ4n) is 2.71. The summed E-state index contributed by atoms with van der Waals surface area (Å²) in [5.41, 5.74) is 13.5. The number of nitrogens with one attached hydrogen (secondary N) is 1. The van der Waals surface area contributed by atoms with Gasteiger partial charge in [-0.25, -0.2) is 14.6 Å². The van der Waals surface area contributed by atoms with E-state index in [-0.39, 0.29) is 0 Å². The fourth-order valence-corrected chi connectivity index (χ4v) is 2.71. The molecular weight excluding hydrogens is 254 g/mol. The summed E-state index contributed by atoms with van der Waals surface area (Å²) in [5, 5.41) is 0. The van der Waals surface area contributed by atoms with Crippen LogP contribution in [-0.2, 0) is 4.74 Å². The summed E-state index contributed by atoms with van der Waals surface area (Å²) in [6.45, 7) is 7.65. The molecule has 1 fully saturated rings. The molecule has 0 bridgehead atoms. The van der Waals surface area contributed by atoms with Crippen LogP contribution in [0.5, 0.6) is 0 Å². The van der Waals surface area contributed by atoms with Crippen LogP contribution in [0.1, 0.15) is 29.9 Å². The van der Waals surface area contributed by atoms with E-state index in [1.54, 1.807) is 0 Å². The molecule has 0 saturated carbocycles. The van der Waals surface area contributed by atoms with Gasteiger partial charge in [0.2, 0.25) is 0 Å². The number of rotatable bonds is 2. The monoisotopic (exact) mass is 275 g/mol. The van der Waals surface area contributed by atoms with Crippen molar-refractivity contribution in [3.63, 3.8) is 0 Å². The average molecular weight is 275 g/mol. The Bertz CT molecular complexity index is 643. The van der Waals surface area contributed by atoms with Gasteiger partial charge in [0.05, 0.1) is 5.52 Å². The molecule has 20 heavy (non-hydrogen) atoms. The summed E-state index contributed by atoms with van der Waals surface area (Å²) in [5.74, 6) is 1.41. The number of ether oxygens (including phenoxy) is 1. The number of pyridine rings is 1. The van der Waals surface area contributed by atoms with Gasteiger partial charge in [-0.2, -0.15) is 0 Å². The Kier molecular flexibility index (Phi) is 3.25. The third kappa shape index (κ3) is 2.10. The summed E-state index contributed by atoms with van der Waals surface area (Å²) in [7, 11) is 0. The van der Waals surface area contributed by atoms with E-state index in [0.717, 1.165) is 54.2 Å². The zero-order valence-corrected chi connectivity index (χ0v) is 12.2. The summed E-state index contributed by atoms with van der Waals surface area (Å²) < 4.78 is 7.46. The van der Waals surface area contributed by atoms with Crippen LogP contribution in [0.3, 0.4) is 0 Å². The Hall–Kier alpha value is -1.82. The topological polar surface area (TPSA) is 78.0 Å². The number of anilines is 1. The van der Waals surface area contributed by atoms with E-state index >= 15 is 0 Å². The van der Waals surface area contributed by atoms with E-state index in [1.807, 2.05) is 13.8 Å². The third-order valence-electron chi connectivity index (χ3n) is 4.01. The molecule has 0 spiro atoms. The van der Waals surface area contributed by atoms with E-state index in [2.05, 4.69) is 27.0 Å². The number of aromatic nitrogens is 3. The molecule has 6 nitrogen and oxygen atoms in total. The van der Waals surface area contributed by atoms with Gasteiger partial charge < -0.3 is 15.9 Å². The predicted molar refractivity (Wildman–Crippen MR) is 79.4 cm³/mol. The highest BCUT2D eigenvalue weighted by Gasteiger charge is 2.19. The standard InChI is InChI=1S/C14H21N5O/c1-8-9(2)16-14(15)12-13(8)19(10(3)17-12)18-11-4-6-20-7-5-11/h11,18H,4-7H2,1-3H3,(H2,15,16). The first-order valence-electron chi connectivity index (χ1n) is 7.04. The van der Waals surface area contributed by atoms with Crippen LogP contribution in [0.15, 0.2) is 0 Å². The first-order chi connectivity index (χ1) is 9.58. The lowest BCUT2D eigenvalue weighted by molar-refractivity contribution is 0.0881. The Morgan fingerprint density at radius 1 is 1.20 bits per heavy atom. The number of nitrogens with two attached hydrogens (primary N) is 1. The summed E-state index contributed by atoms with van der Waals surface area (Å²) in [6.07, 6.45) is 2.02. The van der Waals surface area contributed by atoms with Crippen molar-refractivity contribution >= 4 is 16.9 Å². The minimum atomic E-state index is 0.411. The zero-order chi connectivity index (χ0) is 14.3. The number of nitrogen functional groups attached to an aromatic ring is 1. The van der Waals surface area contributed by atoms with Crippen molar-refractivity contribution in [2.24, 2.45) is 0 Å². The maximum Gasteiger partial charge on any atom is 0.151 e. The largest absolute Gasteiger partial charge is 0.382 e. The molecule has 6 heteroatoms. The molecule has 0 unspecified atom stereocenters. The van der Waals surface area contributed by atoms with Crippen LogP contribution in [0.2, 0.25) is 0 Å². The van der Waals surface area contributed by atoms with Crippen molar-refractivity contribution in [2.45, 2.75) is 39.7 Å². The molecule has 1 saturated heterocycles. The van der Waals surface area contributed by atoms with Crippen molar-refractivity contribution in [3.05, 3.63) is 17.1 Å². The summed E-state index contributed by atoms with van der Waals surface area (Å²) in [4.78, 5) is 8.92. The van der Waals surface area contributed by atoms with Crippen LogP contribution < -0.4 is 11.2 Å². The normalized spacial score (nSPS) is 16.8. The number of hydrogen-bond donors (Lipinski definition) is 2. The van der Waals surface area contributed by atoms with Crippen LogP contribution in [0, 0.1) is 20.8 Å². The van der Waals surface area contributed by atoms with Gasteiger partial charge in [-0.15, -0.1) is 0 Å². The Morgan fingerprint density at radius 3 is 2.60 bits per heavy atom. The van der Waals surface area contributed by atoms with E-state index < -0.39 is 0 Å². The molecule has 0 atom stereocenters. The van der Waals surface area contributed by atoms with Gasteiger partial charge in [0.25, 0.3) is 0 Å². The molecule has 0 radical (unpaired) electrons. The number of fused-ring (bicyclic) bond motifs is 1. The van der Waals surface area contributed by atoms with E-state index in [4.69, 9.17) is 10.5 Å². The minimum absolute atomic E-state index is 0.411. The van der Waals surface area contributed by atoms with Crippen LogP contribution in [0.25, 0.3) is 11.0 Å². The average Bonchev–Trinajstić information content (AvgIpc) is 2.76. The smallest absolute Gasteiger partial charge is 0.151 e. The lowest BCUT2D eigenvalue weighted by atomic mass is 10.1. The maximum atomic E-state index is 6.01. The number of aryl methyl sites for hydroxylation is 3. The Balaban J connectivity index is 2.07. The molecule has 108 valence electrons. The Morgan fingerprint density at radius 2 is 1.90 bits per heavy atom. The van der Waals surface area contributed by atoms with Crippen molar-refractivity contribution in [2.75, 3.05) is 24.4 Å². The first kappa shape index (κ1) is 13.2. The molecule has 0 amide bonds. The number of hydrogen-bond acceptors (Lipinski definition) is 5. The second-order valence-electron chi connectivity index (χ2n) is 5.41. The van der Waals surface area contributed by atoms with Gasteiger partial charge in [-0.1, -0.05) is 0 Å². The van der Waals surface area contributed by atoms with Crippen molar-refractivity contribution < 1.29 is 4.74 Å². The third-order valence-corrected chi connectivity index (χ3v) is 4.01. The summed E-state index contributed by atoms with van der Waals surface area (Å²) >= 11 is 0. The molecule has 2 aromatic heterocycles. The van der Waals surface area contributed by atoms with Gasteiger partial charge in [0.15, 0.2) is 5.82 Å². The van der Waals surface area contributed by atoms with E-state index in [9.17, 15) is 0 Å². The number of imidazole rings is 1. The molecule has 3 heterocycles. The molecule has 0 aromatic carbocycles. The van der Waals surface area contributed by atoms with Crippen LogP contribution in [-0.4, -0.2) is 33.9 Å². The predicted octanol–water partition coefficient (Wildman–Crippen LogP) is 1.66. The van der Waals surface area contributed by atoms with Gasteiger partial charge >= 0.3 is 0 Å². The minimum Gasteiger partial charge on any atom is -0.382 e. The molecule has 1 aliphatic heterocycles.